The van der Waals surface area contributed by atoms with Crippen molar-refractivity contribution >= 4 is 44.3 Å². The first kappa shape index (κ1) is 18.0. The lowest BCUT2D eigenvalue weighted by atomic mass is 10.1. The number of carbonyl (C=O) groups excluding carboxylic acids is 1. The van der Waals surface area contributed by atoms with E-state index in [1.807, 2.05) is 18.2 Å². The maximum atomic E-state index is 13.7. The fourth-order valence-electron chi connectivity index (χ4n) is 3.51. The molecule has 9 heteroatoms. The fourth-order valence-corrected chi connectivity index (χ4v) is 3.96. The molecule has 1 saturated heterocycles. The number of amides is 1. The van der Waals surface area contributed by atoms with Crippen molar-refractivity contribution in [2.75, 3.05) is 11.9 Å². The lowest BCUT2D eigenvalue weighted by molar-refractivity contribution is -0.123. The van der Waals surface area contributed by atoms with E-state index in [4.69, 9.17) is 4.98 Å². The van der Waals surface area contributed by atoms with Crippen LogP contribution in [-0.2, 0) is 4.79 Å². The normalized spacial score (nSPS) is 16.9. The van der Waals surface area contributed by atoms with Crippen molar-refractivity contribution in [3.63, 3.8) is 0 Å². The van der Waals surface area contributed by atoms with Crippen molar-refractivity contribution in [3.8, 4) is 11.4 Å². The molecule has 4 aromatic rings. The maximum absolute atomic E-state index is 13.7. The SMILES string of the molecule is O=C1NCCC[C@H]1Nc1nc2c(Br)cccc2c2nc(-c3cccc(F)c3)nn12. The first-order valence-electron chi connectivity index (χ1n) is 9.25. The Morgan fingerprint density at radius 3 is 2.90 bits per heavy atom. The van der Waals surface area contributed by atoms with Gasteiger partial charge in [-0.1, -0.05) is 18.2 Å². The molecule has 146 valence electrons. The third-order valence-corrected chi connectivity index (χ3v) is 5.56. The lowest BCUT2D eigenvalue weighted by Crippen LogP contribution is -2.44. The van der Waals surface area contributed by atoms with Gasteiger partial charge in [-0.3, -0.25) is 4.79 Å². The summed E-state index contributed by atoms with van der Waals surface area (Å²) in [5, 5.41) is 11.4. The highest BCUT2D eigenvalue weighted by atomic mass is 79.9. The molecule has 0 unspecified atom stereocenters. The zero-order chi connectivity index (χ0) is 20.0. The second kappa shape index (κ2) is 7.07. The van der Waals surface area contributed by atoms with Crippen LogP contribution < -0.4 is 10.6 Å². The Kier molecular flexibility index (Phi) is 4.39. The topological polar surface area (TPSA) is 84.2 Å². The van der Waals surface area contributed by atoms with Crippen LogP contribution in [0.1, 0.15) is 12.8 Å². The summed E-state index contributed by atoms with van der Waals surface area (Å²) < 4.78 is 16.1. The molecule has 7 nitrogen and oxygen atoms in total. The van der Waals surface area contributed by atoms with E-state index in [-0.39, 0.29) is 11.7 Å². The summed E-state index contributed by atoms with van der Waals surface area (Å²) >= 11 is 3.54. The van der Waals surface area contributed by atoms with Gasteiger partial charge in [0.05, 0.1) is 5.52 Å². The van der Waals surface area contributed by atoms with Crippen LogP contribution in [0, 0.1) is 5.82 Å². The number of nitrogens with zero attached hydrogens (tertiary/aromatic N) is 4. The lowest BCUT2D eigenvalue weighted by Gasteiger charge is -2.23. The Labute approximate surface area is 173 Å². The van der Waals surface area contributed by atoms with Crippen LogP contribution in [0.2, 0.25) is 0 Å². The zero-order valence-electron chi connectivity index (χ0n) is 15.2. The fraction of sp³-hybridized carbons (Fsp3) is 0.200. The summed E-state index contributed by atoms with van der Waals surface area (Å²) in [6.07, 6.45) is 1.59. The van der Waals surface area contributed by atoms with E-state index >= 15 is 0 Å². The van der Waals surface area contributed by atoms with Crippen LogP contribution in [0.5, 0.6) is 0 Å². The molecular weight excluding hydrogens is 439 g/mol. The van der Waals surface area contributed by atoms with Crippen LogP contribution in [-0.4, -0.2) is 38.1 Å². The van der Waals surface area contributed by atoms with E-state index in [0.717, 1.165) is 16.3 Å². The number of para-hydroxylation sites is 1. The molecule has 0 aliphatic carbocycles. The van der Waals surface area contributed by atoms with Gasteiger partial charge in [-0.25, -0.2) is 14.4 Å². The van der Waals surface area contributed by atoms with Crippen molar-refractivity contribution in [2.45, 2.75) is 18.9 Å². The predicted octanol–water partition coefficient (Wildman–Crippen LogP) is 3.54. The molecule has 0 spiro atoms. The number of halogens is 2. The summed E-state index contributed by atoms with van der Waals surface area (Å²) in [6, 6.07) is 11.4. The number of anilines is 1. The van der Waals surface area contributed by atoms with Gasteiger partial charge in [0, 0.05) is 22.0 Å². The summed E-state index contributed by atoms with van der Waals surface area (Å²) in [4.78, 5) is 21.6. The highest BCUT2D eigenvalue weighted by molar-refractivity contribution is 9.10. The minimum atomic E-state index is -0.402. The molecule has 1 fully saturated rings. The summed E-state index contributed by atoms with van der Waals surface area (Å²) in [7, 11) is 0. The monoisotopic (exact) mass is 454 g/mol. The Bertz CT molecular complexity index is 1260. The molecule has 1 aliphatic heterocycles. The molecule has 2 aromatic heterocycles. The van der Waals surface area contributed by atoms with Gasteiger partial charge in [-0.15, -0.1) is 5.10 Å². The van der Waals surface area contributed by atoms with Crippen LogP contribution in [0.4, 0.5) is 10.3 Å². The van der Waals surface area contributed by atoms with Gasteiger partial charge in [-0.2, -0.15) is 4.52 Å². The average molecular weight is 455 g/mol. The summed E-state index contributed by atoms with van der Waals surface area (Å²) in [5.41, 5.74) is 1.85. The van der Waals surface area contributed by atoms with E-state index < -0.39 is 6.04 Å². The Morgan fingerprint density at radius 1 is 1.21 bits per heavy atom. The largest absolute Gasteiger partial charge is 0.354 e. The molecule has 0 saturated carbocycles. The van der Waals surface area contributed by atoms with E-state index in [1.54, 1.807) is 16.6 Å². The average Bonchev–Trinajstić information content (AvgIpc) is 3.17. The van der Waals surface area contributed by atoms with Crippen molar-refractivity contribution in [1.82, 2.24) is 24.9 Å². The third kappa shape index (κ3) is 3.21. The smallest absolute Gasteiger partial charge is 0.242 e. The highest BCUT2D eigenvalue weighted by Gasteiger charge is 2.24. The molecule has 2 aromatic carbocycles. The van der Waals surface area contributed by atoms with Crippen LogP contribution in [0.15, 0.2) is 46.9 Å². The number of aromatic nitrogens is 4. The van der Waals surface area contributed by atoms with Crippen molar-refractivity contribution in [1.29, 1.82) is 0 Å². The Hall–Kier alpha value is -3.07. The molecule has 0 radical (unpaired) electrons. The van der Waals surface area contributed by atoms with Crippen LogP contribution >= 0.6 is 15.9 Å². The molecular formula is C20H16BrFN6O. The quantitative estimate of drug-likeness (QED) is 0.494. The summed E-state index contributed by atoms with van der Waals surface area (Å²) in [6.45, 7) is 0.677. The number of piperidine rings is 1. The van der Waals surface area contributed by atoms with Gasteiger partial charge in [0.2, 0.25) is 11.9 Å². The van der Waals surface area contributed by atoms with Gasteiger partial charge in [0.1, 0.15) is 11.9 Å². The number of rotatable bonds is 3. The first-order valence-corrected chi connectivity index (χ1v) is 10.0. The standard InChI is InChI=1S/C20H16BrFN6O/c21-14-7-2-6-13-16(14)25-20(24-15-8-3-9-23-19(15)29)28-18(13)26-17(27-28)11-4-1-5-12(22)10-11/h1-2,4-7,10,15H,3,8-9H2,(H,23,29)(H,24,25)/t15-/m1/s1. The molecule has 29 heavy (non-hydrogen) atoms. The Balaban J connectivity index is 1.71. The van der Waals surface area contributed by atoms with Gasteiger partial charge >= 0.3 is 0 Å². The molecule has 5 rings (SSSR count). The number of benzene rings is 2. The second-order valence-corrected chi connectivity index (χ2v) is 7.74. The van der Waals surface area contributed by atoms with Gasteiger partial charge < -0.3 is 10.6 Å². The first-order chi connectivity index (χ1) is 14.1. The molecule has 3 heterocycles. The van der Waals surface area contributed by atoms with Gasteiger partial charge in [0.25, 0.3) is 0 Å². The summed E-state index contributed by atoms with van der Waals surface area (Å²) in [5.74, 6) is 0.375. The minimum absolute atomic E-state index is 0.0658. The van der Waals surface area contributed by atoms with E-state index in [9.17, 15) is 9.18 Å². The number of hydrogen-bond donors (Lipinski definition) is 2. The predicted molar refractivity (Wildman–Crippen MR) is 111 cm³/mol. The number of nitrogens with one attached hydrogen (secondary N) is 2. The second-order valence-electron chi connectivity index (χ2n) is 6.88. The van der Waals surface area contributed by atoms with Crippen molar-refractivity contribution < 1.29 is 9.18 Å². The number of carbonyl (C=O) groups is 1. The number of fused-ring (bicyclic) bond motifs is 3. The molecule has 1 aliphatic rings. The van der Waals surface area contributed by atoms with Gasteiger partial charge in [-0.05, 0) is 53.0 Å². The Morgan fingerprint density at radius 2 is 2.07 bits per heavy atom. The molecule has 2 N–H and O–H groups in total. The number of hydrogen-bond acceptors (Lipinski definition) is 5. The molecule has 1 atom stereocenters. The molecule has 0 bridgehead atoms. The van der Waals surface area contributed by atoms with E-state index in [0.29, 0.717) is 41.5 Å². The van der Waals surface area contributed by atoms with Crippen LogP contribution in [0.3, 0.4) is 0 Å². The van der Waals surface area contributed by atoms with Gasteiger partial charge in [0.15, 0.2) is 11.5 Å². The van der Waals surface area contributed by atoms with Crippen molar-refractivity contribution in [2.24, 2.45) is 0 Å². The maximum Gasteiger partial charge on any atom is 0.242 e. The third-order valence-electron chi connectivity index (χ3n) is 4.92. The van der Waals surface area contributed by atoms with Crippen LogP contribution in [0.25, 0.3) is 27.9 Å². The molecule has 1 amide bonds. The highest BCUT2D eigenvalue weighted by Crippen LogP contribution is 2.29. The minimum Gasteiger partial charge on any atom is -0.354 e. The van der Waals surface area contributed by atoms with E-state index in [1.165, 1.54) is 12.1 Å². The van der Waals surface area contributed by atoms with E-state index in [2.05, 4.69) is 36.6 Å². The van der Waals surface area contributed by atoms with Crippen molar-refractivity contribution in [3.05, 3.63) is 52.8 Å². The zero-order valence-corrected chi connectivity index (χ0v) is 16.8.